The molecule has 1 aliphatic rings. The third kappa shape index (κ3) is 5.90. The summed E-state index contributed by atoms with van der Waals surface area (Å²) < 4.78 is 0.204. The normalized spacial score (nSPS) is 32.4. The van der Waals surface area contributed by atoms with E-state index in [1.54, 1.807) is 0 Å². The number of rotatable bonds is 5. The largest absolute Gasteiger partial charge is 0.389 e. The van der Waals surface area contributed by atoms with E-state index in [0.29, 0.717) is 12.0 Å². The van der Waals surface area contributed by atoms with E-state index in [4.69, 9.17) is 0 Å². The van der Waals surface area contributed by atoms with Crippen LogP contribution in [-0.2, 0) is 0 Å². The van der Waals surface area contributed by atoms with Crippen LogP contribution in [0.2, 0.25) is 0 Å². The highest BCUT2D eigenvalue weighted by Crippen LogP contribution is 2.37. The average Bonchev–Trinajstić information content (AvgIpc) is 2.26. The maximum atomic E-state index is 9.94. The summed E-state index contributed by atoms with van der Waals surface area (Å²) >= 11 is 1.91. The van der Waals surface area contributed by atoms with E-state index < -0.39 is 18.3 Å². The number of piperidine rings is 1. The van der Waals surface area contributed by atoms with E-state index in [1.807, 2.05) is 11.8 Å². The molecule has 1 fully saturated rings. The van der Waals surface area contributed by atoms with Crippen LogP contribution in [0, 0.1) is 5.41 Å². The standard InChI is InChI=1S/C15H31NO3S/c1-14(2,3)9-15(4,5)20-7-6-10-12(18)13(19)11(17)8-16-10/h10-13,16-19H,6-9H2,1-5H3/t10-,11-,12+,13+/m1/s1. The molecule has 20 heavy (non-hydrogen) atoms. The molecule has 0 bridgehead atoms. The van der Waals surface area contributed by atoms with Gasteiger partial charge in [-0.1, -0.05) is 34.6 Å². The summed E-state index contributed by atoms with van der Waals surface area (Å²) in [5.41, 5.74) is 0.305. The van der Waals surface area contributed by atoms with E-state index >= 15 is 0 Å². The fraction of sp³-hybridized carbons (Fsp3) is 1.00. The van der Waals surface area contributed by atoms with Gasteiger partial charge in [-0.15, -0.1) is 0 Å². The number of hydrogen-bond acceptors (Lipinski definition) is 5. The molecule has 0 saturated carbocycles. The highest BCUT2D eigenvalue weighted by molar-refractivity contribution is 8.00. The van der Waals surface area contributed by atoms with Crippen molar-refractivity contribution in [3.8, 4) is 0 Å². The van der Waals surface area contributed by atoms with Crippen LogP contribution in [-0.4, -0.2) is 56.7 Å². The van der Waals surface area contributed by atoms with Crippen LogP contribution in [0.5, 0.6) is 0 Å². The highest BCUT2D eigenvalue weighted by atomic mass is 32.2. The van der Waals surface area contributed by atoms with E-state index in [2.05, 4.69) is 39.9 Å². The average molecular weight is 305 g/mol. The van der Waals surface area contributed by atoms with Crippen LogP contribution in [0.3, 0.4) is 0 Å². The summed E-state index contributed by atoms with van der Waals surface area (Å²) in [6, 6.07) is -0.133. The molecule has 1 heterocycles. The van der Waals surface area contributed by atoms with Crippen molar-refractivity contribution in [3.05, 3.63) is 0 Å². The van der Waals surface area contributed by atoms with Crippen molar-refractivity contribution in [2.75, 3.05) is 12.3 Å². The zero-order chi connectivity index (χ0) is 15.6. The predicted octanol–water partition coefficient (Wildman–Crippen LogP) is 1.38. The van der Waals surface area contributed by atoms with E-state index in [0.717, 1.165) is 18.6 Å². The SMILES string of the molecule is CC(C)(C)CC(C)(C)SCC[C@H]1NC[C@@H](O)[C@H](O)[C@H]1O. The van der Waals surface area contributed by atoms with Gasteiger partial charge in [-0.2, -0.15) is 11.8 Å². The minimum absolute atomic E-state index is 0.133. The van der Waals surface area contributed by atoms with Crippen molar-refractivity contribution in [2.45, 2.75) is 76.6 Å². The molecule has 4 nitrogen and oxygen atoms in total. The fourth-order valence-electron chi connectivity index (χ4n) is 3.04. The number of thioether (sulfide) groups is 1. The maximum absolute atomic E-state index is 9.94. The van der Waals surface area contributed by atoms with Crippen LogP contribution < -0.4 is 5.32 Å². The lowest BCUT2D eigenvalue weighted by Crippen LogP contribution is -2.59. The first kappa shape index (κ1) is 18.2. The van der Waals surface area contributed by atoms with E-state index in [1.165, 1.54) is 0 Å². The molecule has 0 aliphatic carbocycles. The topological polar surface area (TPSA) is 72.7 Å². The summed E-state index contributed by atoms with van der Waals surface area (Å²) in [4.78, 5) is 0. The van der Waals surface area contributed by atoms with Crippen molar-refractivity contribution >= 4 is 11.8 Å². The van der Waals surface area contributed by atoms with Crippen LogP contribution in [0.25, 0.3) is 0 Å². The molecule has 5 heteroatoms. The number of aliphatic hydroxyl groups excluding tert-OH is 3. The molecule has 0 aromatic rings. The first-order valence-corrected chi connectivity index (χ1v) is 8.42. The lowest BCUT2D eigenvalue weighted by molar-refractivity contribution is -0.0942. The van der Waals surface area contributed by atoms with Crippen LogP contribution in [0.1, 0.15) is 47.5 Å². The van der Waals surface area contributed by atoms with Crippen LogP contribution >= 0.6 is 11.8 Å². The molecule has 0 spiro atoms. The molecule has 0 aromatic carbocycles. The zero-order valence-corrected chi connectivity index (χ0v) is 14.2. The zero-order valence-electron chi connectivity index (χ0n) is 13.4. The summed E-state index contributed by atoms with van der Waals surface area (Å²) in [7, 11) is 0. The second-order valence-electron chi connectivity index (χ2n) is 7.70. The van der Waals surface area contributed by atoms with Gasteiger partial charge in [0.15, 0.2) is 0 Å². The summed E-state index contributed by atoms with van der Waals surface area (Å²) in [5.74, 6) is 0.931. The van der Waals surface area contributed by atoms with Crippen molar-refractivity contribution in [1.82, 2.24) is 5.32 Å². The monoisotopic (exact) mass is 305 g/mol. The molecule has 0 radical (unpaired) electrons. The molecule has 4 atom stereocenters. The lowest BCUT2D eigenvalue weighted by atomic mass is 9.86. The maximum Gasteiger partial charge on any atom is 0.108 e. The first-order valence-electron chi connectivity index (χ1n) is 7.43. The third-order valence-electron chi connectivity index (χ3n) is 3.62. The molecular weight excluding hydrogens is 274 g/mol. The second kappa shape index (κ2) is 6.97. The van der Waals surface area contributed by atoms with Gasteiger partial charge < -0.3 is 20.6 Å². The van der Waals surface area contributed by atoms with Gasteiger partial charge in [0.1, 0.15) is 6.10 Å². The number of aliphatic hydroxyl groups is 3. The minimum atomic E-state index is -1.03. The Morgan fingerprint density at radius 3 is 2.20 bits per heavy atom. The van der Waals surface area contributed by atoms with Crippen LogP contribution in [0.4, 0.5) is 0 Å². The smallest absolute Gasteiger partial charge is 0.108 e. The lowest BCUT2D eigenvalue weighted by Gasteiger charge is -2.37. The Morgan fingerprint density at radius 2 is 1.65 bits per heavy atom. The molecule has 4 N–H and O–H groups in total. The van der Waals surface area contributed by atoms with Gasteiger partial charge in [0.25, 0.3) is 0 Å². The Labute approximate surface area is 127 Å². The summed E-state index contributed by atoms with van der Waals surface area (Å²) in [6.07, 6.45) is -0.860. The first-order chi connectivity index (χ1) is 9.02. The predicted molar refractivity (Wildman–Crippen MR) is 85.0 cm³/mol. The van der Waals surface area contributed by atoms with E-state index in [-0.39, 0.29) is 10.8 Å². The van der Waals surface area contributed by atoms with Gasteiger partial charge >= 0.3 is 0 Å². The fourth-order valence-corrected chi connectivity index (χ4v) is 4.50. The van der Waals surface area contributed by atoms with Gasteiger partial charge in [-0.25, -0.2) is 0 Å². The van der Waals surface area contributed by atoms with Gasteiger partial charge in [-0.3, -0.25) is 0 Å². The van der Waals surface area contributed by atoms with Crippen molar-refractivity contribution in [1.29, 1.82) is 0 Å². The second-order valence-corrected chi connectivity index (χ2v) is 9.50. The number of hydrogen-bond donors (Lipinski definition) is 4. The van der Waals surface area contributed by atoms with Gasteiger partial charge in [0, 0.05) is 17.3 Å². The van der Waals surface area contributed by atoms with E-state index in [9.17, 15) is 15.3 Å². The summed E-state index contributed by atoms with van der Waals surface area (Å²) in [6.45, 7) is 11.6. The minimum Gasteiger partial charge on any atom is -0.389 e. The quantitative estimate of drug-likeness (QED) is 0.618. The molecule has 1 rings (SSSR count). The Morgan fingerprint density at radius 1 is 1.05 bits per heavy atom. The Balaban J connectivity index is 2.37. The molecule has 1 aliphatic heterocycles. The van der Waals surface area contributed by atoms with Crippen LogP contribution in [0.15, 0.2) is 0 Å². The Bertz CT molecular complexity index is 304. The van der Waals surface area contributed by atoms with Crippen molar-refractivity contribution < 1.29 is 15.3 Å². The highest BCUT2D eigenvalue weighted by Gasteiger charge is 2.36. The molecule has 0 amide bonds. The molecule has 0 aromatic heterocycles. The van der Waals surface area contributed by atoms with Gasteiger partial charge in [-0.05, 0) is 24.0 Å². The molecular formula is C15H31NO3S. The van der Waals surface area contributed by atoms with Crippen molar-refractivity contribution in [2.24, 2.45) is 5.41 Å². The number of β-amino-alcohol motifs (C(OH)–C–C–N with tert-alkyl or cyclic N) is 1. The molecule has 1 saturated heterocycles. The van der Waals surface area contributed by atoms with Crippen molar-refractivity contribution in [3.63, 3.8) is 0 Å². The number of nitrogens with one attached hydrogen (secondary N) is 1. The van der Waals surface area contributed by atoms with Gasteiger partial charge in [0.05, 0.1) is 12.2 Å². The molecule has 0 unspecified atom stereocenters. The van der Waals surface area contributed by atoms with Gasteiger partial charge in [0.2, 0.25) is 0 Å². The third-order valence-corrected chi connectivity index (χ3v) is 4.99. The summed E-state index contributed by atoms with van der Waals surface area (Å²) in [5, 5.41) is 32.2. The Kier molecular flexibility index (Phi) is 6.35. The Hall–Kier alpha value is 0.190. The molecule has 120 valence electrons.